The van der Waals surface area contributed by atoms with Gasteiger partial charge in [0.15, 0.2) is 11.5 Å². The van der Waals surface area contributed by atoms with Crippen molar-refractivity contribution in [3.8, 4) is 11.5 Å². The number of hydrogen-bond acceptors (Lipinski definition) is 3. The van der Waals surface area contributed by atoms with Crippen LogP contribution in [0, 0.1) is 13.8 Å². The molecule has 0 aromatic heterocycles. The first-order valence-electron chi connectivity index (χ1n) is 6.72. The van der Waals surface area contributed by atoms with Gasteiger partial charge in [-0.2, -0.15) is 0 Å². The van der Waals surface area contributed by atoms with Gasteiger partial charge < -0.3 is 15.2 Å². The molecule has 0 aliphatic heterocycles. The van der Waals surface area contributed by atoms with Crippen LogP contribution in [0.5, 0.6) is 11.5 Å². The summed E-state index contributed by atoms with van der Waals surface area (Å²) < 4.78 is 10.7. The summed E-state index contributed by atoms with van der Waals surface area (Å²) in [5, 5.41) is 0.708. The molecule has 3 nitrogen and oxygen atoms in total. The summed E-state index contributed by atoms with van der Waals surface area (Å²) in [6.45, 7) is 3.97. The SMILES string of the molecule is COc1cc(C)c(C(N)c2cccc(C)c2Cl)cc1OC. The summed E-state index contributed by atoms with van der Waals surface area (Å²) in [5.41, 5.74) is 10.4. The van der Waals surface area contributed by atoms with Gasteiger partial charge in [-0.1, -0.05) is 29.8 Å². The summed E-state index contributed by atoms with van der Waals surface area (Å²) in [4.78, 5) is 0. The molecular weight excluding hydrogens is 286 g/mol. The molecule has 0 heterocycles. The second kappa shape index (κ2) is 6.37. The summed E-state index contributed by atoms with van der Waals surface area (Å²) in [6, 6.07) is 9.43. The van der Waals surface area contributed by atoms with Gasteiger partial charge in [-0.05, 0) is 48.2 Å². The number of aryl methyl sites for hydroxylation is 2. The van der Waals surface area contributed by atoms with Gasteiger partial charge >= 0.3 is 0 Å². The van der Waals surface area contributed by atoms with E-state index in [4.69, 9.17) is 26.8 Å². The van der Waals surface area contributed by atoms with E-state index >= 15 is 0 Å². The van der Waals surface area contributed by atoms with Crippen molar-refractivity contribution in [2.24, 2.45) is 5.73 Å². The monoisotopic (exact) mass is 305 g/mol. The predicted molar refractivity (Wildman–Crippen MR) is 86.5 cm³/mol. The van der Waals surface area contributed by atoms with E-state index in [-0.39, 0.29) is 6.04 Å². The number of benzene rings is 2. The highest BCUT2D eigenvalue weighted by atomic mass is 35.5. The van der Waals surface area contributed by atoms with Crippen LogP contribution in [-0.2, 0) is 0 Å². The zero-order chi connectivity index (χ0) is 15.6. The van der Waals surface area contributed by atoms with Gasteiger partial charge in [-0.15, -0.1) is 0 Å². The summed E-state index contributed by atoms with van der Waals surface area (Å²) in [7, 11) is 3.23. The van der Waals surface area contributed by atoms with Crippen LogP contribution in [0.2, 0.25) is 5.02 Å². The molecule has 21 heavy (non-hydrogen) atoms. The van der Waals surface area contributed by atoms with Gasteiger partial charge in [0.05, 0.1) is 20.3 Å². The second-order valence-electron chi connectivity index (χ2n) is 5.02. The molecule has 1 unspecified atom stereocenters. The molecule has 0 saturated carbocycles. The lowest BCUT2D eigenvalue weighted by molar-refractivity contribution is 0.354. The zero-order valence-electron chi connectivity index (χ0n) is 12.7. The maximum Gasteiger partial charge on any atom is 0.161 e. The predicted octanol–water partition coefficient (Wildman–Crippen LogP) is 4.02. The summed E-state index contributed by atoms with van der Waals surface area (Å²) in [5.74, 6) is 1.36. The van der Waals surface area contributed by atoms with Crippen molar-refractivity contribution in [1.82, 2.24) is 0 Å². The van der Waals surface area contributed by atoms with E-state index < -0.39 is 0 Å². The number of hydrogen-bond donors (Lipinski definition) is 1. The third-order valence-electron chi connectivity index (χ3n) is 3.66. The van der Waals surface area contributed by atoms with Crippen LogP contribution in [0.25, 0.3) is 0 Å². The Labute approximate surface area is 130 Å². The maximum atomic E-state index is 6.42. The standard InChI is InChI=1S/C17H20ClNO2/c1-10-6-5-7-12(16(10)18)17(19)13-9-15(21-4)14(20-3)8-11(13)2/h5-9,17H,19H2,1-4H3. The third kappa shape index (κ3) is 2.99. The van der Waals surface area contributed by atoms with Crippen molar-refractivity contribution in [2.45, 2.75) is 19.9 Å². The Morgan fingerprint density at radius 2 is 1.57 bits per heavy atom. The summed E-state index contributed by atoms with van der Waals surface area (Å²) >= 11 is 6.39. The molecule has 0 fully saturated rings. The quantitative estimate of drug-likeness (QED) is 0.928. The minimum absolute atomic E-state index is 0.308. The van der Waals surface area contributed by atoms with Crippen molar-refractivity contribution < 1.29 is 9.47 Å². The average molecular weight is 306 g/mol. The lowest BCUT2D eigenvalue weighted by Gasteiger charge is -2.19. The van der Waals surface area contributed by atoms with Crippen LogP contribution in [-0.4, -0.2) is 14.2 Å². The normalized spacial score (nSPS) is 12.1. The molecule has 0 bridgehead atoms. The highest BCUT2D eigenvalue weighted by molar-refractivity contribution is 6.32. The van der Waals surface area contributed by atoms with Crippen molar-refractivity contribution in [2.75, 3.05) is 14.2 Å². The molecule has 2 rings (SSSR count). The van der Waals surface area contributed by atoms with Gasteiger partial charge in [0.2, 0.25) is 0 Å². The Hall–Kier alpha value is -1.71. The van der Waals surface area contributed by atoms with Crippen LogP contribution < -0.4 is 15.2 Å². The number of methoxy groups -OCH3 is 2. The van der Waals surface area contributed by atoms with Gasteiger partial charge in [0.1, 0.15) is 0 Å². The Balaban J connectivity index is 2.53. The molecule has 2 N–H and O–H groups in total. The van der Waals surface area contributed by atoms with Crippen molar-refractivity contribution >= 4 is 11.6 Å². The van der Waals surface area contributed by atoms with Crippen LogP contribution in [0.4, 0.5) is 0 Å². The first-order valence-corrected chi connectivity index (χ1v) is 7.10. The molecule has 0 aliphatic rings. The highest BCUT2D eigenvalue weighted by Crippen LogP contribution is 2.36. The summed E-state index contributed by atoms with van der Waals surface area (Å²) in [6.07, 6.45) is 0. The Morgan fingerprint density at radius 3 is 2.19 bits per heavy atom. The van der Waals surface area contributed by atoms with E-state index in [2.05, 4.69) is 0 Å². The zero-order valence-corrected chi connectivity index (χ0v) is 13.5. The van der Waals surface area contributed by atoms with Gasteiger partial charge in [0, 0.05) is 5.02 Å². The number of ether oxygens (including phenoxy) is 2. The fourth-order valence-electron chi connectivity index (χ4n) is 2.41. The highest BCUT2D eigenvalue weighted by Gasteiger charge is 2.18. The van der Waals surface area contributed by atoms with Crippen LogP contribution in [0.3, 0.4) is 0 Å². The number of rotatable bonds is 4. The fraction of sp³-hybridized carbons (Fsp3) is 0.294. The van der Waals surface area contributed by atoms with Crippen molar-refractivity contribution in [3.63, 3.8) is 0 Å². The molecule has 0 aliphatic carbocycles. The molecule has 0 amide bonds. The van der Waals surface area contributed by atoms with E-state index in [1.165, 1.54) is 0 Å². The lowest BCUT2D eigenvalue weighted by Crippen LogP contribution is -2.14. The van der Waals surface area contributed by atoms with E-state index in [0.29, 0.717) is 16.5 Å². The second-order valence-corrected chi connectivity index (χ2v) is 5.40. The third-order valence-corrected chi connectivity index (χ3v) is 4.18. The molecule has 0 spiro atoms. The minimum atomic E-state index is -0.308. The number of nitrogens with two attached hydrogens (primary N) is 1. The van der Waals surface area contributed by atoms with E-state index in [0.717, 1.165) is 22.3 Å². The molecule has 2 aromatic carbocycles. The van der Waals surface area contributed by atoms with Crippen molar-refractivity contribution in [3.05, 3.63) is 57.6 Å². The molecule has 4 heteroatoms. The minimum Gasteiger partial charge on any atom is -0.493 e. The Bertz CT molecular complexity index is 655. The van der Waals surface area contributed by atoms with E-state index in [1.54, 1.807) is 14.2 Å². The van der Waals surface area contributed by atoms with Gasteiger partial charge in [-0.3, -0.25) is 0 Å². The van der Waals surface area contributed by atoms with Gasteiger partial charge in [-0.25, -0.2) is 0 Å². The largest absolute Gasteiger partial charge is 0.493 e. The van der Waals surface area contributed by atoms with Crippen molar-refractivity contribution in [1.29, 1.82) is 0 Å². The molecule has 112 valence electrons. The fourth-order valence-corrected chi connectivity index (χ4v) is 2.65. The average Bonchev–Trinajstić information content (AvgIpc) is 2.49. The lowest BCUT2D eigenvalue weighted by atomic mass is 9.94. The Morgan fingerprint density at radius 1 is 0.952 bits per heavy atom. The smallest absolute Gasteiger partial charge is 0.161 e. The van der Waals surface area contributed by atoms with Gasteiger partial charge in [0.25, 0.3) is 0 Å². The number of halogens is 1. The molecule has 0 saturated heterocycles. The van der Waals surface area contributed by atoms with Crippen LogP contribution in [0.1, 0.15) is 28.3 Å². The molecule has 2 aromatic rings. The molecular formula is C17H20ClNO2. The topological polar surface area (TPSA) is 44.5 Å². The first-order chi connectivity index (χ1) is 9.99. The van der Waals surface area contributed by atoms with Crippen LogP contribution in [0.15, 0.2) is 30.3 Å². The first kappa shape index (κ1) is 15.7. The van der Waals surface area contributed by atoms with Crippen LogP contribution >= 0.6 is 11.6 Å². The molecule has 0 radical (unpaired) electrons. The van der Waals surface area contributed by atoms with E-state index in [1.807, 2.05) is 44.2 Å². The Kier molecular flexibility index (Phi) is 4.76. The van der Waals surface area contributed by atoms with E-state index in [9.17, 15) is 0 Å². The maximum absolute atomic E-state index is 6.42. The molecule has 1 atom stereocenters.